The fourth-order valence-electron chi connectivity index (χ4n) is 1.05. The Morgan fingerprint density at radius 1 is 1.06 bits per heavy atom. The van der Waals surface area contributed by atoms with Gasteiger partial charge in [0.1, 0.15) is 12.6 Å². The van der Waals surface area contributed by atoms with Gasteiger partial charge in [-0.3, -0.25) is 18.9 Å². The van der Waals surface area contributed by atoms with Crippen LogP contribution < -0.4 is 0 Å². The molecular formula is C5H17N2O6P3. The molecule has 1 unspecified atom stereocenters. The Hall–Kier alpha value is 0.650. The first kappa shape index (κ1) is 16.6. The van der Waals surface area contributed by atoms with Crippen LogP contribution in [0.2, 0.25) is 0 Å². The number of hydrogen-bond acceptors (Lipinski definition) is 4. The molecular weight excluding hydrogens is 277 g/mol. The van der Waals surface area contributed by atoms with Crippen molar-refractivity contribution >= 4 is 24.4 Å². The van der Waals surface area contributed by atoms with Gasteiger partial charge in [0, 0.05) is 6.29 Å². The Morgan fingerprint density at radius 3 is 1.69 bits per heavy atom. The molecule has 0 saturated carbocycles. The van der Waals surface area contributed by atoms with Crippen molar-refractivity contribution in [2.45, 2.75) is 0 Å². The predicted octanol–water partition coefficient (Wildman–Crippen LogP) is -0.719. The summed E-state index contributed by atoms with van der Waals surface area (Å²) in [6, 6.07) is 0. The average molecular weight is 294 g/mol. The lowest BCUT2D eigenvalue weighted by atomic mass is 10.8. The average Bonchev–Trinajstić information content (AvgIpc) is 1.97. The Labute approximate surface area is 96.2 Å². The molecule has 0 fully saturated rings. The smallest absolute Gasteiger partial charge is 0.324 e. The van der Waals surface area contributed by atoms with Crippen molar-refractivity contribution in [2.24, 2.45) is 0 Å². The van der Waals surface area contributed by atoms with Gasteiger partial charge in [0.15, 0.2) is 0 Å². The fourth-order valence-corrected chi connectivity index (χ4v) is 2.75. The van der Waals surface area contributed by atoms with Crippen LogP contribution in [0.25, 0.3) is 0 Å². The minimum Gasteiger partial charge on any atom is -0.324 e. The second-order valence-electron chi connectivity index (χ2n) is 3.46. The highest BCUT2D eigenvalue weighted by Crippen LogP contribution is 2.40. The summed E-state index contributed by atoms with van der Waals surface area (Å²) in [7, 11) is -4.59. The molecule has 0 aliphatic heterocycles. The van der Waals surface area contributed by atoms with Crippen LogP contribution in [-0.4, -0.2) is 61.9 Å². The quantitative estimate of drug-likeness (QED) is 0.358. The zero-order chi connectivity index (χ0) is 13.0. The van der Waals surface area contributed by atoms with Crippen molar-refractivity contribution in [3.63, 3.8) is 0 Å². The van der Waals surface area contributed by atoms with Gasteiger partial charge >= 0.3 is 15.2 Å². The molecule has 0 radical (unpaired) electrons. The van der Waals surface area contributed by atoms with E-state index in [2.05, 4.69) is 9.24 Å². The summed E-state index contributed by atoms with van der Waals surface area (Å²) in [6.07, 6.45) is -0.820. The largest absolute Gasteiger partial charge is 0.339 e. The molecule has 11 heteroatoms. The van der Waals surface area contributed by atoms with E-state index in [0.29, 0.717) is 6.29 Å². The first-order valence-electron chi connectivity index (χ1n) is 4.23. The zero-order valence-electron chi connectivity index (χ0n) is 8.80. The van der Waals surface area contributed by atoms with Crippen LogP contribution in [0.1, 0.15) is 0 Å². The monoisotopic (exact) mass is 294 g/mol. The third kappa shape index (κ3) is 9.85. The summed E-state index contributed by atoms with van der Waals surface area (Å²) in [6.45, 7) is 0.0692. The van der Waals surface area contributed by atoms with E-state index in [9.17, 15) is 9.13 Å². The number of hydrogen-bond donors (Lipinski definition) is 4. The third-order valence-corrected chi connectivity index (χ3v) is 3.68. The lowest BCUT2D eigenvalue weighted by molar-refractivity contribution is 0.193. The highest BCUT2D eigenvalue weighted by Gasteiger charge is 2.26. The number of nitrogens with zero attached hydrogens (tertiary/aromatic N) is 2. The second-order valence-corrected chi connectivity index (χ2v) is 7.05. The normalized spacial score (nSPS) is 13.8. The van der Waals surface area contributed by atoms with Crippen molar-refractivity contribution in [3.8, 4) is 0 Å². The van der Waals surface area contributed by atoms with Crippen LogP contribution in [-0.2, 0) is 9.13 Å². The van der Waals surface area contributed by atoms with E-state index in [-0.39, 0.29) is 6.67 Å². The van der Waals surface area contributed by atoms with Gasteiger partial charge in [0.2, 0.25) is 0 Å². The lowest BCUT2D eigenvalue weighted by Crippen LogP contribution is -2.36. The molecule has 0 bridgehead atoms. The summed E-state index contributed by atoms with van der Waals surface area (Å²) in [5, 5.41) is 0. The maximum Gasteiger partial charge on any atom is 0.339 e. The minimum atomic E-state index is -4.33. The first-order valence-corrected chi connectivity index (χ1v) is 8.65. The highest BCUT2D eigenvalue weighted by atomic mass is 31.2. The summed E-state index contributed by atoms with van der Waals surface area (Å²) in [4.78, 5) is 37.7. The molecule has 16 heavy (non-hydrogen) atoms. The third-order valence-electron chi connectivity index (χ3n) is 1.52. The van der Waals surface area contributed by atoms with Crippen LogP contribution in [0.3, 0.4) is 0 Å². The Kier molecular flexibility index (Phi) is 6.81. The van der Waals surface area contributed by atoms with E-state index in [0.717, 1.165) is 4.90 Å². The predicted molar refractivity (Wildman–Crippen MR) is 62.9 cm³/mol. The van der Waals surface area contributed by atoms with E-state index in [1.165, 1.54) is 0 Å². The second kappa shape index (κ2) is 6.55. The zero-order valence-corrected chi connectivity index (χ0v) is 11.7. The van der Waals surface area contributed by atoms with Crippen LogP contribution in [0.15, 0.2) is 0 Å². The molecule has 0 aromatic rings. The first-order chi connectivity index (χ1) is 7.03. The molecule has 0 rings (SSSR count). The molecule has 1 atom stereocenters. The van der Waals surface area contributed by atoms with Crippen molar-refractivity contribution in [3.05, 3.63) is 0 Å². The van der Waals surface area contributed by atoms with Gasteiger partial charge in [-0.15, -0.1) is 9.24 Å². The fraction of sp³-hybridized carbons (Fsp3) is 1.00. The molecule has 0 spiro atoms. The van der Waals surface area contributed by atoms with Crippen molar-refractivity contribution in [1.82, 2.24) is 9.80 Å². The molecule has 0 saturated heterocycles. The Bertz CT molecular complexity index is 277. The van der Waals surface area contributed by atoms with Crippen molar-refractivity contribution < 1.29 is 28.7 Å². The van der Waals surface area contributed by atoms with E-state index in [1.807, 2.05) is 0 Å². The molecule has 0 aromatic carbocycles. The van der Waals surface area contributed by atoms with Crippen LogP contribution in [0.5, 0.6) is 0 Å². The molecule has 0 aliphatic rings. The van der Waals surface area contributed by atoms with E-state index < -0.39 is 27.8 Å². The van der Waals surface area contributed by atoms with E-state index >= 15 is 0 Å². The standard InChI is InChI=1S/C5H17N2O6P3/c1-6(3-14)2-7(4-15(8,9)10)5-16(11,12)13/h2-5,14H2,1H3,(H2,8,9,10)(H2,11,12,13). The molecule has 0 aliphatic carbocycles. The van der Waals surface area contributed by atoms with Crippen molar-refractivity contribution in [1.29, 1.82) is 0 Å². The molecule has 98 valence electrons. The van der Waals surface area contributed by atoms with Gasteiger partial charge in [0.25, 0.3) is 0 Å². The SMILES string of the molecule is CN(CP)CN(CP(=O)(O)O)CP(=O)(O)O. The highest BCUT2D eigenvalue weighted by molar-refractivity contribution is 7.52. The van der Waals surface area contributed by atoms with Gasteiger partial charge in [-0.25, -0.2) is 0 Å². The van der Waals surface area contributed by atoms with Crippen molar-refractivity contribution in [2.75, 3.05) is 32.6 Å². The molecule has 4 N–H and O–H groups in total. The van der Waals surface area contributed by atoms with Crippen LogP contribution in [0, 0.1) is 0 Å². The summed E-state index contributed by atoms with van der Waals surface area (Å²) in [5.74, 6) is 0. The number of rotatable bonds is 7. The van der Waals surface area contributed by atoms with Gasteiger partial charge in [-0.2, -0.15) is 0 Å². The van der Waals surface area contributed by atoms with Gasteiger partial charge in [-0.05, 0) is 7.05 Å². The molecule has 0 heterocycles. The maximum atomic E-state index is 10.8. The van der Waals surface area contributed by atoms with Crippen LogP contribution >= 0.6 is 24.4 Å². The van der Waals surface area contributed by atoms with E-state index in [1.54, 1.807) is 11.9 Å². The lowest BCUT2D eigenvalue weighted by Gasteiger charge is -2.27. The maximum absolute atomic E-state index is 10.8. The molecule has 0 aromatic heterocycles. The van der Waals surface area contributed by atoms with E-state index in [4.69, 9.17) is 19.6 Å². The van der Waals surface area contributed by atoms with Gasteiger partial charge < -0.3 is 19.6 Å². The Morgan fingerprint density at radius 2 is 1.44 bits per heavy atom. The Balaban J connectivity index is 4.51. The topological polar surface area (TPSA) is 122 Å². The van der Waals surface area contributed by atoms with Gasteiger partial charge in [0.05, 0.1) is 6.67 Å². The molecule has 0 amide bonds. The summed E-state index contributed by atoms with van der Waals surface area (Å²) >= 11 is 0. The molecule has 8 nitrogen and oxygen atoms in total. The minimum absolute atomic E-state index is 0.0692. The van der Waals surface area contributed by atoms with Gasteiger partial charge in [-0.1, -0.05) is 0 Å². The van der Waals surface area contributed by atoms with Crippen LogP contribution in [0.4, 0.5) is 0 Å². The summed E-state index contributed by atoms with van der Waals surface area (Å²) in [5.41, 5.74) is 0. The summed E-state index contributed by atoms with van der Waals surface area (Å²) < 4.78 is 21.5.